The summed E-state index contributed by atoms with van der Waals surface area (Å²) in [6.45, 7) is 3.31. The highest BCUT2D eigenvalue weighted by molar-refractivity contribution is 6.30. The zero-order chi connectivity index (χ0) is 20.7. The molecule has 0 radical (unpaired) electrons. The first-order valence-corrected chi connectivity index (χ1v) is 9.08. The molecule has 3 aromatic rings. The van der Waals surface area contributed by atoms with Gasteiger partial charge in [-0.05, 0) is 30.7 Å². The Kier molecular flexibility index (Phi) is 4.63. The number of rotatable bonds is 3. The molecule has 0 aliphatic carbocycles. The molecule has 1 amide bonds. The number of benzene rings is 2. The third kappa shape index (κ3) is 3.50. The highest BCUT2D eigenvalue weighted by atomic mass is 35.5. The smallest absolute Gasteiger partial charge is 0.270 e. The molecule has 0 saturated carbocycles. The van der Waals surface area contributed by atoms with Gasteiger partial charge >= 0.3 is 0 Å². The summed E-state index contributed by atoms with van der Waals surface area (Å²) in [5, 5.41) is 17.5. The molecule has 2 aromatic carbocycles. The van der Waals surface area contributed by atoms with Crippen molar-refractivity contribution >= 4 is 40.0 Å². The van der Waals surface area contributed by atoms with Crippen LogP contribution in [0.5, 0.6) is 0 Å². The van der Waals surface area contributed by atoms with Gasteiger partial charge in [0.25, 0.3) is 5.69 Å². The number of amides is 1. The van der Waals surface area contributed by atoms with E-state index in [0.717, 1.165) is 21.5 Å². The number of ether oxygens (including phenoxy) is 1. The van der Waals surface area contributed by atoms with E-state index in [4.69, 9.17) is 16.3 Å². The number of nitro groups is 1. The third-order valence-corrected chi connectivity index (χ3v) is 4.79. The summed E-state index contributed by atoms with van der Waals surface area (Å²) in [6.07, 6.45) is -0.924. The maximum Gasteiger partial charge on any atom is 0.270 e. The molecule has 1 unspecified atom stereocenters. The Morgan fingerprint density at radius 2 is 2.03 bits per heavy atom. The van der Waals surface area contributed by atoms with Crippen LogP contribution in [0.4, 0.5) is 5.69 Å². The van der Waals surface area contributed by atoms with Gasteiger partial charge in [-0.3, -0.25) is 14.9 Å². The van der Waals surface area contributed by atoms with E-state index >= 15 is 0 Å². The molecule has 146 valence electrons. The van der Waals surface area contributed by atoms with Gasteiger partial charge in [-0.1, -0.05) is 29.8 Å². The van der Waals surface area contributed by atoms with E-state index in [2.05, 4.69) is 10.1 Å². The second-order valence-corrected chi connectivity index (χ2v) is 6.97. The lowest BCUT2D eigenvalue weighted by atomic mass is 10.1. The molecule has 1 aliphatic heterocycles. The number of carbonyl (C=O) groups excluding carboxylic acids is 1. The maximum atomic E-state index is 12.2. The first kappa shape index (κ1) is 18.8. The average molecular weight is 411 g/mol. The van der Waals surface area contributed by atoms with Crippen molar-refractivity contribution in [1.29, 1.82) is 0 Å². The van der Waals surface area contributed by atoms with Crippen molar-refractivity contribution in [2.75, 3.05) is 0 Å². The number of nitro benzene ring substituents is 1. The van der Waals surface area contributed by atoms with E-state index in [1.165, 1.54) is 25.1 Å². The molecule has 8 nitrogen and oxygen atoms in total. The fourth-order valence-electron chi connectivity index (χ4n) is 3.08. The number of hydrogen-bond donors (Lipinski definition) is 0. The molecule has 1 aromatic heterocycles. The Labute approximate surface area is 170 Å². The maximum absolute atomic E-state index is 12.2. The molecule has 0 saturated heterocycles. The summed E-state index contributed by atoms with van der Waals surface area (Å²) in [5.41, 5.74) is 2.53. The quantitative estimate of drug-likeness (QED) is 0.363. The predicted octanol–water partition coefficient (Wildman–Crippen LogP) is 4.34. The lowest BCUT2D eigenvalue weighted by Gasteiger charge is -2.20. The molecule has 1 aliphatic rings. The zero-order valence-electron chi connectivity index (χ0n) is 15.5. The van der Waals surface area contributed by atoms with Gasteiger partial charge in [0.2, 0.25) is 18.0 Å². The largest absolute Gasteiger partial charge is 0.446 e. The first-order chi connectivity index (χ1) is 13.8. The molecule has 1 atom stereocenters. The third-order valence-electron chi connectivity index (χ3n) is 4.49. The van der Waals surface area contributed by atoms with E-state index < -0.39 is 11.2 Å². The van der Waals surface area contributed by atoms with Crippen LogP contribution in [0.2, 0.25) is 5.15 Å². The van der Waals surface area contributed by atoms with Gasteiger partial charge < -0.3 is 4.74 Å². The highest BCUT2D eigenvalue weighted by Crippen LogP contribution is 2.35. The molecule has 0 N–H and O–H groups in total. The van der Waals surface area contributed by atoms with E-state index in [0.29, 0.717) is 11.1 Å². The second kappa shape index (κ2) is 7.14. The van der Waals surface area contributed by atoms with E-state index in [1.54, 1.807) is 12.1 Å². The molecule has 0 bridgehead atoms. The number of non-ortho nitro benzene ring substituents is 1. The minimum Gasteiger partial charge on any atom is -0.446 e. The monoisotopic (exact) mass is 410 g/mol. The van der Waals surface area contributed by atoms with E-state index in [9.17, 15) is 14.9 Å². The minimum absolute atomic E-state index is 0.0916. The fourth-order valence-corrected chi connectivity index (χ4v) is 3.32. The van der Waals surface area contributed by atoms with Crippen LogP contribution in [0.1, 0.15) is 29.8 Å². The van der Waals surface area contributed by atoms with E-state index in [-0.39, 0.29) is 22.6 Å². The van der Waals surface area contributed by atoms with Crippen LogP contribution < -0.4 is 0 Å². The van der Waals surface area contributed by atoms with Crippen molar-refractivity contribution in [3.8, 4) is 0 Å². The Morgan fingerprint density at radius 3 is 2.76 bits per heavy atom. The average Bonchev–Trinajstić information content (AvgIpc) is 3.13. The number of fused-ring (bicyclic) bond motifs is 1. The van der Waals surface area contributed by atoms with Crippen LogP contribution in [-0.2, 0) is 9.53 Å². The van der Waals surface area contributed by atoms with Gasteiger partial charge in [-0.2, -0.15) is 5.01 Å². The standard InChI is InChI=1S/C20H15ClN4O4/c1-11-6-7-13-10-16(18(21)22-17(13)8-11)20-24(12(2)26)23-19(29-20)14-4-3-5-15(9-14)25(27)28/h3-10,20H,1-2H3. The number of hydrazone groups is 1. The Morgan fingerprint density at radius 1 is 1.24 bits per heavy atom. The number of nitrogens with zero attached hydrogens (tertiary/aromatic N) is 4. The van der Waals surface area contributed by atoms with Crippen LogP contribution in [0, 0.1) is 17.0 Å². The van der Waals surface area contributed by atoms with Crippen molar-refractivity contribution in [2.24, 2.45) is 5.10 Å². The number of hydrogen-bond acceptors (Lipinski definition) is 6. The minimum atomic E-state index is -0.924. The van der Waals surface area contributed by atoms with Crippen LogP contribution in [0.25, 0.3) is 10.9 Å². The van der Waals surface area contributed by atoms with Gasteiger partial charge in [-0.25, -0.2) is 4.98 Å². The fraction of sp³-hybridized carbons (Fsp3) is 0.150. The Balaban J connectivity index is 1.75. The molecule has 4 rings (SSSR count). The second-order valence-electron chi connectivity index (χ2n) is 6.61. The molecular weight excluding hydrogens is 396 g/mol. The highest BCUT2D eigenvalue weighted by Gasteiger charge is 2.35. The number of carbonyl (C=O) groups is 1. The summed E-state index contributed by atoms with van der Waals surface area (Å²) < 4.78 is 5.90. The molecule has 0 spiro atoms. The Bertz CT molecular complexity index is 1190. The molecular formula is C20H15ClN4O4. The van der Waals surface area contributed by atoms with Crippen LogP contribution >= 0.6 is 11.6 Å². The predicted molar refractivity (Wildman–Crippen MR) is 107 cm³/mol. The Hall–Kier alpha value is -3.52. The van der Waals surface area contributed by atoms with Gasteiger partial charge in [0.1, 0.15) is 5.15 Å². The lowest BCUT2D eigenvalue weighted by Crippen LogP contribution is -2.25. The molecule has 2 heterocycles. The molecule has 29 heavy (non-hydrogen) atoms. The number of halogens is 1. The normalized spacial score (nSPS) is 15.9. The first-order valence-electron chi connectivity index (χ1n) is 8.70. The van der Waals surface area contributed by atoms with Crippen LogP contribution in [0.3, 0.4) is 0 Å². The zero-order valence-corrected chi connectivity index (χ0v) is 16.3. The van der Waals surface area contributed by atoms with Gasteiger partial charge in [0.05, 0.1) is 16.0 Å². The number of aryl methyl sites for hydroxylation is 1. The number of pyridine rings is 1. The van der Waals surface area contributed by atoms with Crippen molar-refractivity contribution in [3.63, 3.8) is 0 Å². The number of aromatic nitrogens is 1. The van der Waals surface area contributed by atoms with Crippen molar-refractivity contribution in [2.45, 2.75) is 20.1 Å². The topological polar surface area (TPSA) is 97.9 Å². The van der Waals surface area contributed by atoms with Crippen LogP contribution in [0.15, 0.2) is 53.6 Å². The lowest BCUT2D eigenvalue weighted by molar-refractivity contribution is -0.384. The SMILES string of the molecule is CC(=O)N1N=C(c2cccc([N+](=O)[O-])c2)OC1c1cc2ccc(C)cc2nc1Cl. The summed E-state index contributed by atoms with van der Waals surface area (Å²) >= 11 is 6.40. The summed E-state index contributed by atoms with van der Waals surface area (Å²) in [7, 11) is 0. The summed E-state index contributed by atoms with van der Waals surface area (Å²) in [5.74, 6) is -0.274. The van der Waals surface area contributed by atoms with Crippen molar-refractivity contribution in [3.05, 3.63) is 80.5 Å². The van der Waals surface area contributed by atoms with Gasteiger partial charge in [0.15, 0.2) is 0 Å². The van der Waals surface area contributed by atoms with Crippen molar-refractivity contribution < 1.29 is 14.5 Å². The summed E-state index contributed by atoms with van der Waals surface area (Å²) in [6, 6.07) is 13.4. The van der Waals surface area contributed by atoms with Gasteiger partial charge in [0, 0.05) is 30.0 Å². The summed E-state index contributed by atoms with van der Waals surface area (Å²) in [4.78, 5) is 27.1. The van der Waals surface area contributed by atoms with E-state index in [1.807, 2.05) is 25.1 Å². The van der Waals surface area contributed by atoms with Crippen molar-refractivity contribution in [1.82, 2.24) is 9.99 Å². The molecule has 0 fully saturated rings. The van der Waals surface area contributed by atoms with Gasteiger partial charge in [-0.15, -0.1) is 5.10 Å². The molecule has 9 heteroatoms. The van der Waals surface area contributed by atoms with Crippen LogP contribution in [-0.4, -0.2) is 26.7 Å².